The predicted molar refractivity (Wildman–Crippen MR) is 136 cm³/mol. The minimum Gasteiger partial charge on any atom is -0.481 e. The lowest BCUT2D eigenvalue weighted by Crippen LogP contribution is -2.35. The number of nitrogens with one attached hydrogen (secondary N) is 1. The molecule has 8 nitrogen and oxygen atoms in total. The van der Waals surface area contributed by atoms with Gasteiger partial charge < -0.3 is 4.74 Å². The molecule has 178 valence electrons. The van der Waals surface area contributed by atoms with E-state index in [1.165, 1.54) is 18.2 Å². The van der Waals surface area contributed by atoms with Crippen LogP contribution in [0.25, 0.3) is 16.8 Å². The maximum atomic E-state index is 12.8. The second-order valence-corrected chi connectivity index (χ2v) is 8.42. The van der Waals surface area contributed by atoms with Crippen molar-refractivity contribution in [3.05, 3.63) is 117 Å². The van der Waals surface area contributed by atoms with Crippen molar-refractivity contribution in [1.82, 2.24) is 5.43 Å². The number of rotatable bonds is 6. The van der Waals surface area contributed by atoms with Crippen LogP contribution in [0.1, 0.15) is 11.1 Å². The second-order valence-electron chi connectivity index (χ2n) is 8.01. The number of halogens is 1. The maximum Gasteiger partial charge on any atom is 0.313 e. The zero-order valence-electron chi connectivity index (χ0n) is 18.7. The number of nitro benzene ring substituents is 1. The highest BCUT2D eigenvalue weighted by Gasteiger charge is 2.34. The molecule has 1 aliphatic heterocycles. The van der Waals surface area contributed by atoms with Crippen molar-refractivity contribution in [2.24, 2.45) is 0 Å². The van der Waals surface area contributed by atoms with Crippen LogP contribution in [-0.4, -0.2) is 16.7 Å². The number of nitro groups is 1. The lowest BCUT2D eigenvalue weighted by atomic mass is 10.1. The molecule has 36 heavy (non-hydrogen) atoms. The van der Waals surface area contributed by atoms with Crippen LogP contribution >= 0.6 is 11.6 Å². The number of nitrogens with zero attached hydrogens (tertiary/aromatic N) is 2. The van der Waals surface area contributed by atoms with Gasteiger partial charge in [-0.15, -0.1) is 0 Å². The van der Waals surface area contributed by atoms with E-state index < -0.39 is 16.7 Å². The van der Waals surface area contributed by atoms with Gasteiger partial charge in [-0.05, 0) is 46.2 Å². The molecule has 0 radical (unpaired) electrons. The molecule has 0 unspecified atom stereocenters. The van der Waals surface area contributed by atoms with Crippen LogP contribution in [0.4, 0.5) is 11.4 Å². The lowest BCUT2D eigenvalue weighted by molar-refractivity contribution is -0.385. The van der Waals surface area contributed by atoms with Gasteiger partial charge in [0.05, 0.1) is 15.6 Å². The van der Waals surface area contributed by atoms with E-state index >= 15 is 0 Å². The summed E-state index contributed by atoms with van der Waals surface area (Å²) in [6.07, 6.45) is 1.27. The number of hydrogen-bond acceptors (Lipinski definition) is 5. The van der Waals surface area contributed by atoms with Crippen LogP contribution < -0.4 is 15.2 Å². The van der Waals surface area contributed by atoms with E-state index in [0.717, 1.165) is 21.3 Å². The minimum absolute atomic E-state index is 0.0120. The number of anilines is 1. The molecule has 2 amide bonds. The summed E-state index contributed by atoms with van der Waals surface area (Å²) in [7, 11) is 0. The number of benzene rings is 4. The molecule has 1 N–H and O–H groups in total. The monoisotopic (exact) mass is 499 g/mol. The third kappa shape index (κ3) is 4.37. The first-order valence-electron chi connectivity index (χ1n) is 10.9. The highest BCUT2D eigenvalue weighted by molar-refractivity contribution is 6.33. The molecular formula is C27H18ClN3O5. The van der Waals surface area contributed by atoms with Gasteiger partial charge in [-0.1, -0.05) is 72.3 Å². The maximum absolute atomic E-state index is 12.8. The summed E-state index contributed by atoms with van der Waals surface area (Å²) in [6, 6.07) is 24.7. The molecule has 4 aromatic rings. The fraction of sp³-hybridized carbons (Fsp3) is 0.0370. The van der Waals surface area contributed by atoms with Gasteiger partial charge in [-0.25, -0.2) is 5.01 Å². The third-order valence-electron chi connectivity index (χ3n) is 5.71. The Morgan fingerprint density at radius 3 is 2.47 bits per heavy atom. The molecule has 0 bridgehead atoms. The highest BCUT2D eigenvalue weighted by atomic mass is 35.5. The van der Waals surface area contributed by atoms with Crippen LogP contribution in [0.5, 0.6) is 5.75 Å². The number of para-hydroxylation sites is 1. The van der Waals surface area contributed by atoms with E-state index in [-0.39, 0.29) is 34.2 Å². The van der Waals surface area contributed by atoms with Crippen LogP contribution in [0, 0.1) is 10.1 Å². The Hall–Kier alpha value is -4.69. The largest absolute Gasteiger partial charge is 0.481 e. The van der Waals surface area contributed by atoms with Crippen molar-refractivity contribution in [2.45, 2.75) is 6.61 Å². The van der Waals surface area contributed by atoms with E-state index in [9.17, 15) is 19.7 Å². The van der Waals surface area contributed by atoms with Crippen LogP contribution in [0.2, 0.25) is 5.02 Å². The van der Waals surface area contributed by atoms with Crippen molar-refractivity contribution in [1.29, 1.82) is 0 Å². The summed E-state index contributed by atoms with van der Waals surface area (Å²) in [4.78, 5) is 36.5. The average molecular weight is 500 g/mol. The molecule has 9 heteroatoms. The number of carbonyl (C=O) groups is 2. The lowest BCUT2D eigenvalue weighted by Gasteiger charge is -2.13. The molecule has 1 fully saturated rings. The number of hydrazine groups is 1. The standard InChI is InChI=1S/C27H18ClN3O5/c28-23-14-17(13-22-26(32)29-30(27(22)33)20-10-2-1-3-11-20)15-24(31(34)35)25(23)36-16-19-9-6-8-18-7-4-5-12-21(18)19/h1-15H,16H2,(H,29,32). The van der Waals surface area contributed by atoms with Crippen molar-refractivity contribution in [3.8, 4) is 5.75 Å². The third-order valence-corrected chi connectivity index (χ3v) is 5.99. The van der Waals surface area contributed by atoms with Gasteiger partial charge in [0.25, 0.3) is 11.8 Å². The molecule has 1 aliphatic rings. The van der Waals surface area contributed by atoms with Crippen LogP contribution in [-0.2, 0) is 16.2 Å². The first-order valence-corrected chi connectivity index (χ1v) is 11.3. The summed E-state index contributed by atoms with van der Waals surface area (Å²) >= 11 is 6.39. The first kappa shape index (κ1) is 23.1. The topological polar surface area (TPSA) is 102 Å². The fourth-order valence-electron chi connectivity index (χ4n) is 4.01. The number of amides is 2. The molecule has 5 rings (SSSR count). The van der Waals surface area contributed by atoms with Gasteiger partial charge in [-0.3, -0.25) is 25.1 Å². The number of hydrogen-bond donors (Lipinski definition) is 1. The molecule has 4 aromatic carbocycles. The molecule has 0 aromatic heterocycles. The molecule has 0 spiro atoms. The second kappa shape index (κ2) is 9.52. The van der Waals surface area contributed by atoms with Gasteiger partial charge in [0.2, 0.25) is 5.75 Å². The average Bonchev–Trinajstić information content (AvgIpc) is 3.16. The SMILES string of the molecule is O=C1NN(c2ccccc2)C(=O)C1=Cc1cc(Cl)c(OCc2cccc3ccccc23)c([N+](=O)[O-])c1. The van der Waals surface area contributed by atoms with Crippen LogP contribution in [0.3, 0.4) is 0 Å². The Kier molecular flexibility index (Phi) is 6.10. The molecule has 0 saturated carbocycles. The zero-order valence-corrected chi connectivity index (χ0v) is 19.4. The molecule has 1 saturated heterocycles. The van der Waals surface area contributed by atoms with E-state index in [2.05, 4.69) is 5.43 Å². The smallest absolute Gasteiger partial charge is 0.313 e. The Morgan fingerprint density at radius 2 is 1.69 bits per heavy atom. The summed E-state index contributed by atoms with van der Waals surface area (Å²) in [6.45, 7) is 0.0648. The summed E-state index contributed by atoms with van der Waals surface area (Å²) in [5.41, 5.74) is 3.50. The number of ether oxygens (including phenoxy) is 1. The van der Waals surface area contributed by atoms with E-state index in [4.69, 9.17) is 16.3 Å². The first-order chi connectivity index (χ1) is 17.4. The van der Waals surface area contributed by atoms with E-state index in [1.807, 2.05) is 42.5 Å². The predicted octanol–water partition coefficient (Wildman–Crippen LogP) is 5.44. The zero-order chi connectivity index (χ0) is 25.2. The summed E-state index contributed by atoms with van der Waals surface area (Å²) in [5, 5.41) is 14.9. The van der Waals surface area contributed by atoms with E-state index in [1.54, 1.807) is 30.3 Å². The molecular weight excluding hydrogens is 482 g/mol. The Balaban J connectivity index is 1.45. The number of carbonyl (C=O) groups excluding carboxylic acids is 2. The van der Waals surface area contributed by atoms with Gasteiger partial charge in [-0.2, -0.15) is 0 Å². The van der Waals surface area contributed by atoms with Crippen molar-refractivity contribution in [2.75, 3.05) is 5.01 Å². The van der Waals surface area contributed by atoms with Crippen molar-refractivity contribution < 1.29 is 19.2 Å². The van der Waals surface area contributed by atoms with Crippen molar-refractivity contribution >= 4 is 51.6 Å². The van der Waals surface area contributed by atoms with Gasteiger partial charge >= 0.3 is 5.69 Å². The van der Waals surface area contributed by atoms with Gasteiger partial charge in [0.1, 0.15) is 12.2 Å². The molecule has 0 aliphatic carbocycles. The molecule has 1 heterocycles. The molecule has 0 atom stereocenters. The van der Waals surface area contributed by atoms with Gasteiger partial charge in [0, 0.05) is 6.07 Å². The summed E-state index contributed by atoms with van der Waals surface area (Å²) in [5.74, 6) is -1.30. The Labute approximate surface area is 210 Å². The minimum atomic E-state index is -0.626. The normalized spacial score (nSPS) is 14.4. The highest BCUT2D eigenvalue weighted by Crippen LogP contribution is 2.38. The quantitative estimate of drug-likeness (QED) is 0.165. The van der Waals surface area contributed by atoms with Crippen molar-refractivity contribution in [3.63, 3.8) is 0 Å². The summed E-state index contributed by atoms with van der Waals surface area (Å²) < 4.78 is 5.82. The van der Waals surface area contributed by atoms with Crippen LogP contribution in [0.15, 0.2) is 90.5 Å². The van der Waals surface area contributed by atoms with Gasteiger partial charge in [0.15, 0.2) is 0 Å². The fourth-order valence-corrected chi connectivity index (χ4v) is 4.29. The number of fused-ring (bicyclic) bond motifs is 1. The Morgan fingerprint density at radius 1 is 0.972 bits per heavy atom. The van der Waals surface area contributed by atoms with E-state index in [0.29, 0.717) is 5.69 Å². The Bertz CT molecular complexity index is 1550.